The monoisotopic (exact) mass is 347 g/mol. The Morgan fingerprint density at radius 2 is 1.96 bits per heavy atom. The standard InChI is InChI=1S/C16H17N3O2S2/c1-20-12-7-8-13(21-2)15(9-12)23-14-6-4-3-5-11(14)10-18-19-16(17)22/h3-10H,1-2H3,(H3,17,19,22). The largest absolute Gasteiger partial charge is 0.497 e. The maximum atomic E-state index is 5.41. The van der Waals surface area contributed by atoms with Gasteiger partial charge in [-0.15, -0.1) is 0 Å². The number of hydrogen-bond acceptors (Lipinski definition) is 5. The summed E-state index contributed by atoms with van der Waals surface area (Å²) in [7, 11) is 3.28. The molecule has 0 atom stereocenters. The molecule has 7 heteroatoms. The molecule has 0 fully saturated rings. The topological polar surface area (TPSA) is 68.9 Å². The van der Waals surface area contributed by atoms with E-state index < -0.39 is 0 Å². The van der Waals surface area contributed by atoms with Crippen LogP contribution in [-0.2, 0) is 0 Å². The van der Waals surface area contributed by atoms with Crippen molar-refractivity contribution in [2.75, 3.05) is 14.2 Å². The zero-order valence-corrected chi connectivity index (χ0v) is 14.4. The first-order chi connectivity index (χ1) is 11.1. The van der Waals surface area contributed by atoms with E-state index >= 15 is 0 Å². The van der Waals surface area contributed by atoms with Crippen LogP contribution in [0.2, 0.25) is 0 Å². The number of ether oxygens (including phenoxy) is 2. The van der Waals surface area contributed by atoms with E-state index in [1.54, 1.807) is 32.2 Å². The average molecular weight is 347 g/mol. The smallest absolute Gasteiger partial charge is 0.184 e. The highest BCUT2D eigenvalue weighted by Crippen LogP contribution is 2.38. The zero-order chi connectivity index (χ0) is 16.7. The van der Waals surface area contributed by atoms with Gasteiger partial charge in [-0.25, -0.2) is 0 Å². The molecule has 0 saturated heterocycles. The molecule has 0 aliphatic carbocycles. The van der Waals surface area contributed by atoms with Gasteiger partial charge in [-0.2, -0.15) is 5.10 Å². The molecule has 2 rings (SSSR count). The van der Waals surface area contributed by atoms with Gasteiger partial charge in [-0.1, -0.05) is 30.0 Å². The molecule has 0 amide bonds. The molecular formula is C16H17N3O2S2. The molecule has 0 saturated carbocycles. The van der Waals surface area contributed by atoms with Crippen LogP contribution in [0, 0.1) is 0 Å². The van der Waals surface area contributed by atoms with Crippen LogP contribution >= 0.6 is 24.0 Å². The molecule has 0 spiro atoms. The molecule has 0 aliphatic heterocycles. The summed E-state index contributed by atoms with van der Waals surface area (Å²) in [5.41, 5.74) is 8.85. The summed E-state index contributed by atoms with van der Waals surface area (Å²) < 4.78 is 10.7. The van der Waals surface area contributed by atoms with Crippen molar-refractivity contribution in [3.05, 3.63) is 48.0 Å². The minimum Gasteiger partial charge on any atom is -0.497 e. The summed E-state index contributed by atoms with van der Waals surface area (Å²) in [6.07, 6.45) is 1.67. The maximum absolute atomic E-state index is 5.41. The van der Waals surface area contributed by atoms with Crippen LogP contribution in [0.1, 0.15) is 5.56 Å². The van der Waals surface area contributed by atoms with E-state index in [4.69, 9.17) is 27.4 Å². The quantitative estimate of drug-likeness (QED) is 0.476. The van der Waals surface area contributed by atoms with Gasteiger partial charge in [0.05, 0.1) is 25.3 Å². The van der Waals surface area contributed by atoms with Crippen molar-refractivity contribution in [2.24, 2.45) is 10.8 Å². The van der Waals surface area contributed by atoms with Gasteiger partial charge in [-0.3, -0.25) is 5.43 Å². The highest BCUT2D eigenvalue weighted by molar-refractivity contribution is 7.99. The fourth-order valence-electron chi connectivity index (χ4n) is 1.83. The zero-order valence-electron chi connectivity index (χ0n) is 12.8. The van der Waals surface area contributed by atoms with E-state index in [0.29, 0.717) is 0 Å². The lowest BCUT2D eigenvalue weighted by Crippen LogP contribution is -2.24. The Morgan fingerprint density at radius 3 is 2.65 bits per heavy atom. The molecule has 0 radical (unpaired) electrons. The number of methoxy groups -OCH3 is 2. The lowest BCUT2D eigenvalue weighted by atomic mass is 10.2. The maximum Gasteiger partial charge on any atom is 0.184 e. The summed E-state index contributed by atoms with van der Waals surface area (Å²) >= 11 is 6.29. The number of hydrogen-bond donors (Lipinski definition) is 2. The van der Waals surface area contributed by atoms with Crippen molar-refractivity contribution in [1.29, 1.82) is 0 Å². The highest BCUT2D eigenvalue weighted by atomic mass is 32.2. The Hall–Kier alpha value is -2.25. The minimum atomic E-state index is 0.126. The molecule has 0 unspecified atom stereocenters. The van der Waals surface area contributed by atoms with Crippen molar-refractivity contribution in [3.63, 3.8) is 0 Å². The van der Waals surface area contributed by atoms with Gasteiger partial charge in [0.25, 0.3) is 0 Å². The molecular weight excluding hydrogens is 330 g/mol. The molecule has 2 aromatic carbocycles. The second-order valence-electron chi connectivity index (χ2n) is 4.39. The number of hydrazone groups is 1. The third-order valence-corrected chi connectivity index (χ3v) is 4.11. The van der Waals surface area contributed by atoms with Gasteiger partial charge in [0.2, 0.25) is 0 Å². The highest BCUT2D eigenvalue weighted by Gasteiger charge is 2.09. The molecule has 3 N–H and O–H groups in total. The van der Waals surface area contributed by atoms with Gasteiger partial charge in [0.1, 0.15) is 11.5 Å². The number of nitrogens with one attached hydrogen (secondary N) is 1. The first-order valence-electron chi connectivity index (χ1n) is 6.71. The summed E-state index contributed by atoms with van der Waals surface area (Å²) in [6.45, 7) is 0. The number of rotatable bonds is 6. The summed E-state index contributed by atoms with van der Waals surface area (Å²) in [4.78, 5) is 1.97. The molecule has 120 valence electrons. The van der Waals surface area contributed by atoms with Crippen LogP contribution in [0.4, 0.5) is 0 Å². The van der Waals surface area contributed by atoms with E-state index in [1.807, 2.05) is 42.5 Å². The summed E-state index contributed by atoms with van der Waals surface area (Å²) in [6, 6.07) is 13.5. The molecule has 0 aromatic heterocycles. The van der Waals surface area contributed by atoms with E-state index in [9.17, 15) is 0 Å². The van der Waals surface area contributed by atoms with E-state index in [2.05, 4.69) is 10.5 Å². The van der Waals surface area contributed by atoms with Crippen LogP contribution in [0.15, 0.2) is 57.4 Å². The lowest BCUT2D eigenvalue weighted by molar-refractivity contribution is 0.394. The van der Waals surface area contributed by atoms with Crippen molar-refractivity contribution < 1.29 is 9.47 Å². The third-order valence-electron chi connectivity index (χ3n) is 2.89. The number of benzene rings is 2. The van der Waals surface area contributed by atoms with E-state index in [-0.39, 0.29) is 5.11 Å². The Labute approximate surface area is 144 Å². The number of nitrogens with zero attached hydrogens (tertiary/aromatic N) is 1. The Bertz CT molecular complexity index is 720. The summed E-state index contributed by atoms with van der Waals surface area (Å²) in [5.74, 6) is 1.55. The van der Waals surface area contributed by atoms with Crippen molar-refractivity contribution >= 4 is 35.3 Å². The lowest BCUT2D eigenvalue weighted by Gasteiger charge is -2.11. The normalized spacial score (nSPS) is 10.5. The van der Waals surface area contributed by atoms with E-state index in [1.165, 1.54) is 0 Å². The fraction of sp³-hybridized carbons (Fsp3) is 0.125. The van der Waals surface area contributed by atoms with Gasteiger partial charge in [0, 0.05) is 10.5 Å². The SMILES string of the molecule is COc1ccc(OC)c(Sc2ccccc2C=NNC(N)=S)c1. The predicted molar refractivity (Wildman–Crippen MR) is 97.6 cm³/mol. The Kier molecular flexibility index (Phi) is 6.25. The Morgan fingerprint density at radius 1 is 1.17 bits per heavy atom. The molecule has 0 heterocycles. The third kappa shape index (κ3) is 4.87. The molecule has 0 aliphatic rings. The Balaban J connectivity index is 2.30. The summed E-state index contributed by atoms with van der Waals surface area (Å²) in [5, 5.41) is 4.14. The van der Waals surface area contributed by atoms with Crippen LogP contribution in [0.25, 0.3) is 0 Å². The molecule has 2 aromatic rings. The second kappa shape index (κ2) is 8.40. The van der Waals surface area contributed by atoms with Gasteiger partial charge < -0.3 is 15.2 Å². The fourth-order valence-corrected chi connectivity index (χ4v) is 2.93. The first kappa shape index (κ1) is 17.1. The first-order valence-corrected chi connectivity index (χ1v) is 7.94. The molecule has 0 bridgehead atoms. The van der Waals surface area contributed by atoms with Gasteiger partial charge in [0.15, 0.2) is 5.11 Å². The average Bonchev–Trinajstić information content (AvgIpc) is 2.56. The number of thiocarbonyl (C=S) groups is 1. The van der Waals surface area contributed by atoms with Crippen molar-refractivity contribution in [1.82, 2.24) is 5.43 Å². The second-order valence-corrected chi connectivity index (χ2v) is 5.91. The number of nitrogens with two attached hydrogens (primary N) is 1. The van der Waals surface area contributed by atoms with Gasteiger partial charge in [-0.05, 0) is 36.5 Å². The van der Waals surface area contributed by atoms with Crippen molar-refractivity contribution in [3.8, 4) is 11.5 Å². The van der Waals surface area contributed by atoms with Crippen LogP contribution in [-0.4, -0.2) is 25.5 Å². The predicted octanol–water partition coefficient (Wildman–Crippen LogP) is 3.02. The molecule has 23 heavy (non-hydrogen) atoms. The van der Waals surface area contributed by atoms with Gasteiger partial charge >= 0.3 is 0 Å². The minimum absolute atomic E-state index is 0.126. The van der Waals surface area contributed by atoms with Crippen LogP contribution in [0.3, 0.4) is 0 Å². The van der Waals surface area contributed by atoms with Crippen molar-refractivity contribution in [2.45, 2.75) is 9.79 Å². The van der Waals surface area contributed by atoms with Crippen LogP contribution in [0.5, 0.6) is 11.5 Å². The van der Waals surface area contributed by atoms with E-state index in [0.717, 1.165) is 26.9 Å². The molecule has 5 nitrogen and oxygen atoms in total. The van der Waals surface area contributed by atoms with Crippen LogP contribution < -0.4 is 20.6 Å².